The molecule has 0 fully saturated rings. The number of aromatic amines is 1. The molecular weight excluding hydrogens is 196 g/mol. The lowest BCUT2D eigenvalue weighted by Crippen LogP contribution is -2.21. The summed E-state index contributed by atoms with van der Waals surface area (Å²) in [6.45, 7) is 3.98. The van der Waals surface area contributed by atoms with Crippen LogP contribution in [0.25, 0.3) is 0 Å². The first-order valence-corrected chi connectivity index (χ1v) is 4.66. The zero-order valence-electron chi connectivity index (χ0n) is 8.70. The molecule has 0 aliphatic heterocycles. The van der Waals surface area contributed by atoms with E-state index in [9.17, 15) is 9.59 Å². The third-order valence-electron chi connectivity index (χ3n) is 2.00. The predicted octanol–water partition coefficient (Wildman–Crippen LogP) is 0.854. The lowest BCUT2D eigenvalue weighted by atomic mass is 10.1. The summed E-state index contributed by atoms with van der Waals surface area (Å²) < 4.78 is 0. The van der Waals surface area contributed by atoms with Gasteiger partial charge in [0.05, 0.1) is 5.69 Å². The van der Waals surface area contributed by atoms with E-state index in [1.54, 1.807) is 0 Å². The number of anilines is 1. The number of nitrogens with two attached hydrogens (primary N) is 1. The number of nitrogens with one attached hydrogen (secondary N) is 1. The molecule has 0 radical (unpaired) electrons. The van der Waals surface area contributed by atoms with Gasteiger partial charge in [0.25, 0.3) is 5.56 Å². The molecule has 82 valence electrons. The maximum atomic E-state index is 11.3. The second-order valence-corrected chi connectivity index (χ2v) is 3.85. The number of pyridine rings is 1. The molecule has 0 amide bonds. The lowest BCUT2D eigenvalue weighted by molar-refractivity contribution is 0.0695. The monoisotopic (exact) mass is 210 g/mol. The van der Waals surface area contributed by atoms with Crippen molar-refractivity contribution in [1.29, 1.82) is 0 Å². The van der Waals surface area contributed by atoms with Gasteiger partial charge in [0.15, 0.2) is 0 Å². The van der Waals surface area contributed by atoms with E-state index < -0.39 is 11.5 Å². The van der Waals surface area contributed by atoms with Crippen molar-refractivity contribution in [3.8, 4) is 0 Å². The Labute approximate surface area is 86.9 Å². The first-order valence-electron chi connectivity index (χ1n) is 4.66. The number of nitrogen functional groups attached to an aromatic ring is 1. The van der Waals surface area contributed by atoms with Crippen LogP contribution in [0.15, 0.2) is 10.9 Å². The van der Waals surface area contributed by atoms with Crippen molar-refractivity contribution >= 4 is 11.7 Å². The number of carboxylic acids is 1. The SMILES string of the molecule is CC(C)Cc1[nH]c(=O)c(C(=O)O)cc1N. The second-order valence-electron chi connectivity index (χ2n) is 3.85. The van der Waals surface area contributed by atoms with Crippen LogP contribution in [0.1, 0.15) is 29.9 Å². The summed E-state index contributed by atoms with van der Waals surface area (Å²) in [7, 11) is 0. The van der Waals surface area contributed by atoms with Crippen molar-refractivity contribution in [2.75, 3.05) is 5.73 Å². The minimum absolute atomic E-state index is 0.319. The number of H-pyrrole nitrogens is 1. The molecule has 0 bridgehead atoms. The number of carboxylic acid groups (broad SMARTS) is 1. The molecule has 0 atom stereocenters. The summed E-state index contributed by atoms with van der Waals surface area (Å²) in [5.74, 6) is -0.919. The molecule has 0 saturated heterocycles. The van der Waals surface area contributed by atoms with E-state index in [1.807, 2.05) is 13.8 Å². The van der Waals surface area contributed by atoms with Gasteiger partial charge >= 0.3 is 5.97 Å². The van der Waals surface area contributed by atoms with E-state index in [-0.39, 0.29) is 5.56 Å². The Kier molecular flexibility index (Phi) is 3.14. The molecule has 5 nitrogen and oxygen atoms in total. The fourth-order valence-electron chi connectivity index (χ4n) is 1.32. The van der Waals surface area contributed by atoms with Crippen molar-refractivity contribution in [1.82, 2.24) is 4.98 Å². The summed E-state index contributed by atoms with van der Waals surface area (Å²) in [4.78, 5) is 24.5. The van der Waals surface area contributed by atoms with Gasteiger partial charge in [-0.25, -0.2) is 4.79 Å². The van der Waals surface area contributed by atoms with E-state index in [0.717, 1.165) is 0 Å². The molecule has 0 aliphatic carbocycles. The molecule has 0 aliphatic rings. The molecule has 4 N–H and O–H groups in total. The highest BCUT2D eigenvalue weighted by Gasteiger charge is 2.12. The second kappa shape index (κ2) is 4.16. The van der Waals surface area contributed by atoms with Gasteiger partial charge in [-0.3, -0.25) is 4.79 Å². The van der Waals surface area contributed by atoms with Crippen LogP contribution < -0.4 is 11.3 Å². The zero-order valence-corrected chi connectivity index (χ0v) is 8.70. The van der Waals surface area contributed by atoms with Gasteiger partial charge in [0.1, 0.15) is 5.56 Å². The van der Waals surface area contributed by atoms with Crippen LogP contribution in [0.3, 0.4) is 0 Å². The highest BCUT2D eigenvalue weighted by Crippen LogP contribution is 2.12. The van der Waals surface area contributed by atoms with E-state index in [2.05, 4.69) is 4.98 Å². The Morgan fingerprint density at radius 2 is 2.20 bits per heavy atom. The van der Waals surface area contributed by atoms with Crippen LogP contribution in [0.5, 0.6) is 0 Å². The standard InChI is InChI=1S/C10H14N2O3/c1-5(2)3-8-7(11)4-6(10(14)15)9(13)12-8/h4-5H,3,11H2,1-2H3,(H,12,13)(H,14,15). The molecule has 0 aromatic carbocycles. The van der Waals surface area contributed by atoms with Gasteiger partial charge < -0.3 is 15.8 Å². The first-order chi connectivity index (χ1) is 6.91. The zero-order chi connectivity index (χ0) is 11.6. The first kappa shape index (κ1) is 11.3. The predicted molar refractivity (Wildman–Crippen MR) is 57.0 cm³/mol. The third kappa shape index (κ3) is 2.59. The smallest absolute Gasteiger partial charge is 0.341 e. The highest BCUT2D eigenvalue weighted by atomic mass is 16.4. The average molecular weight is 210 g/mol. The maximum absolute atomic E-state index is 11.3. The van der Waals surface area contributed by atoms with Crippen molar-refractivity contribution in [2.24, 2.45) is 5.92 Å². The molecule has 0 unspecified atom stereocenters. The van der Waals surface area contributed by atoms with Gasteiger partial charge in [0.2, 0.25) is 0 Å². The lowest BCUT2D eigenvalue weighted by Gasteiger charge is -2.08. The Morgan fingerprint density at radius 1 is 1.60 bits per heavy atom. The normalized spacial score (nSPS) is 10.6. The Balaban J connectivity index is 3.20. The fraction of sp³-hybridized carbons (Fsp3) is 0.400. The topological polar surface area (TPSA) is 96.2 Å². The van der Waals surface area contributed by atoms with Crippen molar-refractivity contribution < 1.29 is 9.90 Å². The van der Waals surface area contributed by atoms with Crippen molar-refractivity contribution in [3.63, 3.8) is 0 Å². The van der Waals surface area contributed by atoms with E-state index in [0.29, 0.717) is 23.7 Å². The van der Waals surface area contributed by atoms with Crippen LogP contribution in [0.4, 0.5) is 5.69 Å². The molecule has 1 rings (SSSR count). The number of hydrogen-bond acceptors (Lipinski definition) is 3. The van der Waals surface area contributed by atoms with Gasteiger partial charge in [-0.05, 0) is 18.4 Å². The number of rotatable bonds is 3. The van der Waals surface area contributed by atoms with E-state index >= 15 is 0 Å². The Hall–Kier alpha value is -1.78. The minimum Gasteiger partial charge on any atom is -0.477 e. The Bertz CT molecular complexity index is 435. The van der Waals surface area contributed by atoms with Crippen molar-refractivity contribution in [3.05, 3.63) is 27.7 Å². The van der Waals surface area contributed by atoms with Crippen LogP contribution in [0.2, 0.25) is 0 Å². The van der Waals surface area contributed by atoms with Crippen LogP contribution in [-0.4, -0.2) is 16.1 Å². The summed E-state index contributed by atoms with van der Waals surface area (Å²) in [6.07, 6.45) is 0.626. The molecular formula is C10H14N2O3. The molecule has 0 saturated carbocycles. The number of aromatic carboxylic acids is 1. The largest absolute Gasteiger partial charge is 0.477 e. The summed E-state index contributed by atoms with van der Waals surface area (Å²) in [5, 5.41) is 8.69. The molecule has 15 heavy (non-hydrogen) atoms. The molecule has 0 spiro atoms. The van der Waals surface area contributed by atoms with Crippen LogP contribution in [-0.2, 0) is 6.42 Å². The summed E-state index contributed by atoms with van der Waals surface area (Å²) >= 11 is 0. The third-order valence-corrected chi connectivity index (χ3v) is 2.00. The summed E-state index contributed by atoms with van der Waals surface area (Å²) in [6, 6.07) is 1.21. The Morgan fingerprint density at radius 3 is 2.67 bits per heavy atom. The maximum Gasteiger partial charge on any atom is 0.341 e. The van der Waals surface area contributed by atoms with E-state index in [4.69, 9.17) is 10.8 Å². The molecule has 1 aromatic rings. The molecule has 1 heterocycles. The molecule has 1 aromatic heterocycles. The minimum atomic E-state index is -1.26. The van der Waals surface area contributed by atoms with Crippen molar-refractivity contribution in [2.45, 2.75) is 20.3 Å². The highest BCUT2D eigenvalue weighted by molar-refractivity contribution is 5.88. The number of aromatic nitrogens is 1. The van der Waals surface area contributed by atoms with Gasteiger partial charge in [0, 0.05) is 5.69 Å². The van der Waals surface area contributed by atoms with Gasteiger partial charge in [-0.2, -0.15) is 0 Å². The van der Waals surface area contributed by atoms with E-state index in [1.165, 1.54) is 6.07 Å². The fourth-order valence-corrected chi connectivity index (χ4v) is 1.32. The number of hydrogen-bond donors (Lipinski definition) is 3. The average Bonchev–Trinajstić information content (AvgIpc) is 2.09. The quantitative estimate of drug-likeness (QED) is 0.689. The number of carbonyl (C=O) groups is 1. The molecule has 5 heteroatoms. The van der Waals surface area contributed by atoms with Crippen LogP contribution in [0, 0.1) is 5.92 Å². The van der Waals surface area contributed by atoms with Crippen LogP contribution >= 0.6 is 0 Å². The summed E-state index contributed by atoms with van der Waals surface area (Å²) in [5.41, 5.74) is 5.64. The van der Waals surface area contributed by atoms with Gasteiger partial charge in [-0.1, -0.05) is 13.8 Å². The van der Waals surface area contributed by atoms with Gasteiger partial charge in [-0.15, -0.1) is 0 Å².